The van der Waals surface area contributed by atoms with E-state index in [-0.39, 0.29) is 16.6 Å². The summed E-state index contributed by atoms with van der Waals surface area (Å²) in [5.41, 5.74) is 0.323. The first kappa shape index (κ1) is 12.2. The predicted molar refractivity (Wildman–Crippen MR) is 59.9 cm³/mol. The number of hydrogen-bond acceptors (Lipinski definition) is 1. The van der Waals surface area contributed by atoms with Crippen LogP contribution in [0, 0.1) is 18.2 Å². The summed E-state index contributed by atoms with van der Waals surface area (Å²) in [7, 11) is 0. The summed E-state index contributed by atoms with van der Waals surface area (Å²) in [5.74, 6) is -0.457. The fraction of sp³-hybridized carbons (Fsp3) is 0.417. The first-order valence-electron chi connectivity index (χ1n) is 4.74. The first-order chi connectivity index (χ1) is 6.73. The van der Waals surface area contributed by atoms with Crippen molar-refractivity contribution in [2.45, 2.75) is 27.7 Å². The van der Waals surface area contributed by atoms with E-state index in [1.165, 1.54) is 12.1 Å². The molecule has 1 aromatic rings. The summed E-state index contributed by atoms with van der Waals surface area (Å²) in [6.45, 7) is 7.05. The second-order valence-corrected chi connectivity index (χ2v) is 5.07. The van der Waals surface area contributed by atoms with Crippen molar-refractivity contribution in [3.8, 4) is 0 Å². The van der Waals surface area contributed by atoms with Crippen LogP contribution >= 0.6 is 11.6 Å². The van der Waals surface area contributed by atoms with Crippen LogP contribution in [0.2, 0.25) is 5.02 Å². The van der Waals surface area contributed by atoms with Gasteiger partial charge in [-0.2, -0.15) is 0 Å². The van der Waals surface area contributed by atoms with E-state index in [1.807, 2.05) is 20.8 Å². The molecule has 0 N–H and O–H groups in total. The summed E-state index contributed by atoms with van der Waals surface area (Å²) in [5, 5.41) is 0.179. The van der Waals surface area contributed by atoms with Gasteiger partial charge in [0.1, 0.15) is 5.82 Å². The number of halogens is 2. The molecule has 0 amide bonds. The molecule has 1 aromatic carbocycles. The summed E-state index contributed by atoms with van der Waals surface area (Å²) in [6, 6.07) is 2.70. The van der Waals surface area contributed by atoms with Crippen molar-refractivity contribution >= 4 is 17.4 Å². The average molecular weight is 229 g/mol. The lowest BCUT2D eigenvalue weighted by Gasteiger charge is -2.17. The lowest BCUT2D eigenvalue weighted by atomic mass is 9.86. The van der Waals surface area contributed by atoms with Gasteiger partial charge in [0, 0.05) is 11.0 Å². The zero-order valence-corrected chi connectivity index (χ0v) is 10.1. The molecule has 82 valence electrons. The number of rotatable bonds is 1. The summed E-state index contributed by atoms with van der Waals surface area (Å²) in [6.07, 6.45) is 0. The van der Waals surface area contributed by atoms with Crippen molar-refractivity contribution < 1.29 is 9.18 Å². The highest BCUT2D eigenvalue weighted by Crippen LogP contribution is 2.27. The molecule has 0 heterocycles. The zero-order chi connectivity index (χ0) is 11.8. The van der Waals surface area contributed by atoms with E-state index in [9.17, 15) is 9.18 Å². The Kier molecular flexibility index (Phi) is 3.19. The Labute approximate surface area is 94.3 Å². The standard InChI is InChI=1S/C12H14ClFO/c1-7-5-8(9(13)6-10(7)14)11(15)12(2,3)4/h5-6H,1-4H3. The number of hydrogen-bond donors (Lipinski definition) is 0. The maximum atomic E-state index is 13.1. The van der Waals surface area contributed by atoms with Crippen LogP contribution in [0.1, 0.15) is 36.7 Å². The lowest BCUT2D eigenvalue weighted by molar-refractivity contribution is 0.0858. The Morgan fingerprint density at radius 1 is 1.33 bits per heavy atom. The van der Waals surface area contributed by atoms with Gasteiger partial charge < -0.3 is 0 Å². The van der Waals surface area contributed by atoms with Gasteiger partial charge >= 0.3 is 0 Å². The molecule has 0 saturated heterocycles. The number of ketones is 1. The molecule has 1 nitrogen and oxygen atoms in total. The van der Waals surface area contributed by atoms with E-state index >= 15 is 0 Å². The molecular formula is C12H14ClFO. The van der Waals surface area contributed by atoms with E-state index in [1.54, 1.807) is 6.92 Å². The van der Waals surface area contributed by atoms with E-state index in [2.05, 4.69) is 0 Å². The molecule has 0 radical (unpaired) electrons. The van der Waals surface area contributed by atoms with E-state index in [0.29, 0.717) is 11.1 Å². The summed E-state index contributed by atoms with van der Waals surface area (Å²) >= 11 is 5.84. The molecule has 3 heteroatoms. The second-order valence-electron chi connectivity index (χ2n) is 4.66. The third-order valence-corrected chi connectivity index (χ3v) is 2.49. The SMILES string of the molecule is Cc1cc(C(=O)C(C)(C)C)c(Cl)cc1F. The number of Topliss-reactive ketones (excluding diaryl/α,β-unsaturated/α-hetero) is 1. The number of carbonyl (C=O) groups excluding carboxylic acids is 1. The van der Waals surface area contributed by atoms with Crippen LogP contribution < -0.4 is 0 Å². The highest BCUT2D eigenvalue weighted by molar-refractivity contribution is 6.34. The van der Waals surface area contributed by atoms with Crippen LogP contribution in [0.25, 0.3) is 0 Å². The van der Waals surface area contributed by atoms with Crippen LogP contribution in [0.4, 0.5) is 4.39 Å². The Morgan fingerprint density at radius 2 is 1.87 bits per heavy atom. The van der Waals surface area contributed by atoms with Gasteiger partial charge in [-0.3, -0.25) is 4.79 Å². The Hall–Kier alpha value is -0.890. The monoisotopic (exact) mass is 228 g/mol. The summed E-state index contributed by atoms with van der Waals surface area (Å²) < 4.78 is 13.1. The van der Waals surface area contributed by atoms with Crippen molar-refractivity contribution in [3.05, 3.63) is 34.1 Å². The molecule has 0 aliphatic heterocycles. The maximum Gasteiger partial charge on any atom is 0.169 e. The van der Waals surface area contributed by atoms with Gasteiger partial charge in [-0.05, 0) is 24.6 Å². The minimum absolute atomic E-state index is 0.0735. The molecule has 0 atom stereocenters. The maximum absolute atomic E-state index is 13.1. The molecule has 0 aliphatic carbocycles. The fourth-order valence-electron chi connectivity index (χ4n) is 1.24. The Bertz CT molecular complexity index is 405. The van der Waals surface area contributed by atoms with E-state index in [4.69, 9.17) is 11.6 Å². The molecular weight excluding hydrogens is 215 g/mol. The fourth-order valence-corrected chi connectivity index (χ4v) is 1.47. The third kappa shape index (κ3) is 2.57. The third-order valence-electron chi connectivity index (χ3n) is 2.17. The van der Waals surface area contributed by atoms with Crippen molar-refractivity contribution in [2.24, 2.45) is 5.41 Å². The second kappa shape index (κ2) is 3.93. The van der Waals surface area contributed by atoms with Crippen LogP contribution in [-0.4, -0.2) is 5.78 Å². The lowest BCUT2D eigenvalue weighted by Crippen LogP contribution is -2.20. The van der Waals surface area contributed by atoms with E-state index in [0.717, 1.165) is 0 Å². The number of carbonyl (C=O) groups is 1. The molecule has 1 rings (SSSR count). The topological polar surface area (TPSA) is 17.1 Å². The van der Waals surface area contributed by atoms with Crippen molar-refractivity contribution in [1.29, 1.82) is 0 Å². The van der Waals surface area contributed by atoms with Crippen LogP contribution in [-0.2, 0) is 0 Å². The largest absolute Gasteiger partial charge is 0.294 e. The van der Waals surface area contributed by atoms with Crippen molar-refractivity contribution in [3.63, 3.8) is 0 Å². The van der Waals surface area contributed by atoms with Crippen LogP contribution in [0.3, 0.4) is 0 Å². The smallest absolute Gasteiger partial charge is 0.169 e. The van der Waals surface area contributed by atoms with Gasteiger partial charge in [0.05, 0.1) is 5.02 Å². The molecule has 0 unspecified atom stereocenters. The molecule has 15 heavy (non-hydrogen) atoms. The van der Waals surface area contributed by atoms with E-state index < -0.39 is 5.41 Å². The van der Waals surface area contributed by atoms with Gasteiger partial charge in [-0.15, -0.1) is 0 Å². The average Bonchev–Trinajstić information content (AvgIpc) is 2.08. The van der Waals surface area contributed by atoms with Crippen LogP contribution in [0.5, 0.6) is 0 Å². The predicted octanol–water partition coefficient (Wildman–Crippen LogP) is 4.02. The first-order valence-corrected chi connectivity index (χ1v) is 5.11. The molecule has 0 aliphatic rings. The van der Waals surface area contributed by atoms with Gasteiger partial charge in [0.15, 0.2) is 5.78 Å². The zero-order valence-electron chi connectivity index (χ0n) is 9.32. The van der Waals surface area contributed by atoms with Gasteiger partial charge in [-0.25, -0.2) is 4.39 Å². The minimum atomic E-state index is -0.506. The number of aryl methyl sites for hydroxylation is 1. The number of benzene rings is 1. The normalized spacial score (nSPS) is 11.6. The molecule has 0 aromatic heterocycles. The molecule has 0 saturated carbocycles. The highest BCUT2D eigenvalue weighted by atomic mass is 35.5. The van der Waals surface area contributed by atoms with Gasteiger partial charge in [0.2, 0.25) is 0 Å². The summed E-state index contributed by atoms with van der Waals surface area (Å²) in [4.78, 5) is 11.9. The van der Waals surface area contributed by atoms with Crippen molar-refractivity contribution in [1.82, 2.24) is 0 Å². The van der Waals surface area contributed by atoms with Crippen molar-refractivity contribution in [2.75, 3.05) is 0 Å². The van der Waals surface area contributed by atoms with Gasteiger partial charge in [0.25, 0.3) is 0 Å². The van der Waals surface area contributed by atoms with Gasteiger partial charge in [-0.1, -0.05) is 32.4 Å². The minimum Gasteiger partial charge on any atom is -0.294 e. The van der Waals surface area contributed by atoms with Crippen LogP contribution in [0.15, 0.2) is 12.1 Å². The Morgan fingerprint density at radius 3 is 2.33 bits per heavy atom. The molecule has 0 spiro atoms. The highest BCUT2D eigenvalue weighted by Gasteiger charge is 2.25. The quantitative estimate of drug-likeness (QED) is 0.664. The molecule has 0 bridgehead atoms. The molecule has 0 fully saturated rings. The Balaban J connectivity index is 3.28.